The molecule has 4 aromatic rings. The lowest BCUT2D eigenvalue weighted by Gasteiger charge is -2.33. The zero-order valence-electron chi connectivity index (χ0n) is 26.1. The van der Waals surface area contributed by atoms with Crippen molar-refractivity contribution in [2.45, 2.75) is 44.3 Å². The molecule has 2 atom stereocenters. The lowest BCUT2D eigenvalue weighted by molar-refractivity contribution is -0.143. The normalized spacial score (nSPS) is 13.1. The van der Waals surface area contributed by atoms with Gasteiger partial charge in [0.05, 0.1) is 0 Å². The molecule has 0 saturated carbocycles. The Balaban J connectivity index is 1.72. The van der Waals surface area contributed by atoms with Crippen LogP contribution in [0, 0.1) is 0 Å². The number of hydrogen-bond acceptors (Lipinski definition) is 7. The molecule has 1 heterocycles. The van der Waals surface area contributed by atoms with E-state index in [9.17, 15) is 14.4 Å². The number of hydrogen-bond donors (Lipinski definition) is 1. The first-order valence-corrected chi connectivity index (χ1v) is 14.4. The maximum Gasteiger partial charge on any atom is 0.294 e. The van der Waals surface area contributed by atoms with Crippen molar-refractivity contribution < 1.29 is 18.9 Å². The lowest BCUT2D eigenvalue weighted by atomic mass is 9.98. The first-order valence-electron chi connectivity index (χ1n) is 14.4. The standard InChI is InChI=1S/C34H40N6O4/c1-34(2,35)19-18-29(41)39(5)28(22-24-16-17-25-14-10-11-15-26(25)20-24)32(42)40(6)27(21-23-12-8-7-9-13-23)31-36-30(37-44-31)33(43)38(3)4/h7-20,27-28H,21-22,35H2,1-6H3/b19-18+. The molecule has 3 amide bonds. The minimum absolute atomic E-state index is 0.0987. The molecule has 0 spiro atoms. The second-order valence-electron chi connectivity index (χ2n) is 11.8. The van der Waals surface area contributed by atoms with Gasteiger partial charge in [-0.3, -0.25) is 14.4 Å². The number of fused-ring (bicyclic) bond motifs is 1. The van der Waals surface area contributed by atoms with E-state index in [2.05, 4.69) is 10.1 Å². The first kappa shape index (κ1) is 32.1. The van der Waals surface area contributed by atoms with Crippen molar-refractivity contribution in [2.75, 3.05) is 28.2 Å². The molecule has 4 rings (SSSR count). The summed E-state index contributed by atoms with van der Waals surface area (Å²) >= 11 is 0. The predicted molar refractivity (Wildman–Crippen MR) is 170 cm³/mol. The summed E-state index contributed by atoms with van der Waals surface area (Å²) in [5.41, 5.74) is 7.21. The van der Waals surface area contributed by atoms with Gasteiger partial charge in [-0.05, 0) is 35.7 Å². The monoisotopic (exact) mass is 596 g/mol. The van der Waals surface area contributed by atoms with Gasteiger partial charge >= 0.3 is 0 Å². The van der Waals surface area contributed by atoms with Crippen molar-refractivity contribution in [1.82, 2.24) is 24.8 Å². The summed E-state index contributed by atoms with van der Waals surface area (Å²) in [4.78, 5) is 49.0. The number of carbonyl (C=O) groups is 3. The van der Waals surface area contributed by atoms with Gasteiger partial charge in [-0.25, -0.2) is 0 Å². The minimum atomic E-state index is -0.872. The topological polar surface area (TPSA) is 126 Å². The van der Waals surface area contributed by atoms with Crippen LogP contribution in [0.25, 0.3) is 10.8 Å². The Morgan fingerprint density at radius 2 is 1.52 bits per heavy atom. The van der Waals surface area contributed by atoms with E-state index >= 15 is 0 Å². The molecule has 0 fully saturated rings. The second-order valence-corrected chi connectivity index (χ2v) is 11.8. The summed E-state index contributed by atoms with van der Waals surface area (Å²) in [5, 5.41) is 6.01. The molecule has 3 aromatic carbocycles. The van der Waals surface area contributed by atoms with Gasteiger partial charge < -0.3 is 25.0 Å². The molecule has 44 heavy (non-hydrogen) atoms. The molecule has 2 unspecified atom stereocenters. The van der Waals surface area contributed by atoms with Crippen molar-refractivity contribution in [1.29, 1.82) is 0 Å². The number of amides is 3. The molecule has 0 aliphatic heterocycles. The van der Waals surface area contributed by atoms with Crippen molar-refractivity contribution in [2.24, 2.45) is 5.73 Å². The summed E-state index contributed by atoms with van der Waals surface area (Å²) in [6.07, 6.45) is 3.64. The average Bonchev–Trinajstić information content (AvgIpc) is 3.50. The zero-order chi connectivity index (χ0) is 32.0. The lowest BCUT2D eigenvalue weighted by Crippen LogP contribution is -2.50. The first-order chi connectivity index (χ1) is 20.8. The van der Waals surface area contributed by atoms with Crippen LogP contribution in [0.4, 0.5) is 0 Å². The van der Waals surface area contributed by atoms with E-state index in [0.717, 1.165) is 21.9 Å². The van der Waals surface area contributed by atoms with E-state index in [4.69, 9.17) is 10.3 Å². The molecule has 0 radical (unpaired) electrons. The van der Waals surface area contributed by atoms with Crippen LogP contribution in [0.15, 0.2) is 89.5 Å². The van der Waals surface area contributed by atoms with E-state index in [1.807, 2.05) is 72.8 Å². The summed E-state index contributed by atoms with van der Waals surface area (Å²) in [6.45, 7) is 3.58. The third-order valence-electron chi connectivity index (χ3n) is 7.41. The van der Waals surface area contributed by atoms with Crippen molar-refractivity contribution in [3.05, 3.63) is 108 Å². The largest absolute Gasteiger partial charge is 0.342 e. The summed E-state index contributed by atoms with van der Waals surface area (Å²) in [6, 6.07) is 22.0. The van der Waals surface area contributed by atoms with E-state index in [0.29, 0.717) is 6.42 Å². The van der Waals surface area contributed by atoms with Crippen molar-refractivity contribution in [3.8, 4) is 0 Å². The number of aromatic nitrogens is 2. The summed E-state index contributed by atoms with van der Waals surface area (Å²) in [5.74, 6) is -1.07. The van der Waals surface area contributed by atoms with Crippen LogP contribution < -0.4 is 5.73 Å². The Morgan fingerprint density at radius 1 is 0.864 bits per heavy atom. The fraction of sp³-hybridized carbons (Fsp3) is 0.324. The quantitative estimate of drug-likeness (QED) is 0.259. The summed E-state index contributed by atoms with van der Waals surface area (Å²) in [7, 11) is 6.46. The van der Waals surface area contributed by atoms with E-state index < -0.39 is 23.5 Å². The van der Waals surface area contributed by atoms with Crippen molar-refractivity contribution >= 4 is 28.5 Å². The third-order valence-corrected chi connectivity index (χ3v) is 7.41. The molecule has 10 nitrogen and oxygen atoms in total. The van der Waals surface area contributed by atoms with E-state index in [-0.39, 0.29) is 30.0 Å². The maximum absolute atomic E-state index is 14.4. The SMILES string of the molecule is CN(C)C(=O)c1noc(C(Cc2ccccc2)N(C)C(=O)C(Cc2ccc3ccccc3c2)N(C)C(=O)/C=C/C(C)(C)N)n1. The summed E-state index contributed by atoms with van der Waals surface area (Å²) < 4.78 is 5.56. The average molecular weight is 597 g/mol. The zero-order valence-corrected chi connectivity index (χ0v) is 26.1. The Kier molecular flexibility index (Phi) is 9.95. The van der Waals surface area contributed by atoms with Crippen LogP contribution in [-0.2, 0) is 22.4 Å². The Bertz CT molecular complexity index is 1640. The molecule has 10 heteroatoms. The second kappa shape index (κ2) is 13.6. The molecule has 230 valence electrons. The molecule has 0 aliphatic rings. The molecular formula is C34H40N6O4. The fourth-order valence-electron chi connectivity index (χ4n) is 4.81. The highest BCUT2D eigenvalue weighted by atomic mass is 16.5. The van der Waals surface area contributed by atoms with Gasteiger partial charge in [0.25, 0.3) is 11.7 Å². The van der Waals surface area contributed by atoms with Gasteiger partial charge in [-0.15, -0.1) is 0 Å². The van der Waals surface area contributed by atoms with Gasteiger partial charge in [0.2, 0.25) is 17.7 Å². The van der Waals surface area contributed by atoms with Crippen LogP contribution in [-0.4, -0.2) is 82.3 Å². The fourth-order valence-corrected chi connectivity index (χ4v) is 4.81. The number of likely N-dealkylation sites (N-methyl/N-ethyl adjacent to an activating group) is 2. The Hall–Kier alpha value is -4.83. The highest BCUT2D eigenvalue weighted by Crippen LogP contribution is 2.26. The molecule has 0 aliphatic carbocycles. The Labute approximate surface area is 258 Å². The molecule has 2 N–H and O–H groups in total. The van der Waals surface area contributed by atoms with Gasteiger partial charge in [-0.2, -0.15) is 4.98 Å². The van der Waals surface area contributed by atoms with Crippen LogP contribution in [0.2, 0.25) is 0 Å². The minimum Gasteiger partial charge on any atom is -0.342 e. The van der Waals surface area contributed by atoms with Crippen LogP contribution in [0.5, 0.6) is 0 Å². The van der Waals surface area contributed by atoms with E-state index in [1.165, 1.54) is 20.8 Å². The highest BCUT2D eigenvalue weighted by Gasteiger charge is 2.35. The van der Waals surface area contributed by atoms with Gasteiger partial charge in [0.1, 0.15) is 12.1 Å². The number of benzene rings is 3. The molecule has 1 aromatic heterocycles. The van der Waals surface area contributed by atoms with Crippen LogP contribution >= 0.6 is 0 Å². The number of carbonyl (C=O) groups excluding carboxylic acids is 3. The van der Waals surface area contributed by atoms with E-state index in [1.54, 1.807) is 48.1 Å². The van der Waals surface area contributed by atoms with Gasteiger partial charge in [-0.1, -0.05) is 84.0 Å². The highest BCUT2D eigenvalue weighted by molar-refractivity contribution is 5.93. The molecule has 0 bridgehead atoms. The predicted octanol–water partition coefficient (Wildman–Crippen LogP) is 4.03. The van der Waals surface area contributed by atoms with Crippen LogP contribution in [0.3, 0.4) is 0 Å². The molecular weight excluding hydrogens is 556 g/mol. The number of rotatable bonds is 11. The van der Waals surface area contributed by atoms with Gasteiger partial charge in [0, 0.05) is 52.6 Å². The van der Waals surface area contributed by atoms with Crippen LogP contribution in [0.1, 0.15) is 47.5 Å². The van der Waals surface area contributed by atoms with Crippen molar-refractivity contribution in [3.63, 3.8) is 0 Å². The number of nitrogens with two attached hydrogens (primary N) is 1. The molecule has 0 saturated heterocycles. The number of nitrogens with zero attached hydrogens (tertiary/aromatic N) is 5. The smallest absolute Gasteiger partial charge is 0.294 e. The Morgan fingerprint density at radius 3 is 2.18 bits per heavy atom. The van der Waals surface area contributed by atoms with Gasteiger partial charge in [0.15, 0.2) is 0 Å². The third kappa shape index (κ3) is 7.96. The maximum atomic E-state index is 14.4.